The van der Waals surface area contributed by atoms with Crippen LogP contribution >= 0.6 is 27.5 Å². The minimum Gasteiger partial charge on any atom is -0.456 e. The van der Waals surface area contributed by atoms with Gasteiger partial charge in [0, 0.05) is 10.6 Å². The molecular formula is C10H6BrClO. The van der Waals surface area contributed by atoms with E-state index in [1.54, 1.807) is 6.07 Å². The summed E-state index contributed by atoms with van der Waals surface area (Å²) in [7, 11) is 0. The number of hydrogen-bond donors (Lipinski definition) is 0. The van der Waals surface area contributed by atoms with Gasteiger partial charge in [-0.2, -0.15) is 0 Å². The summed E-state index contributed by atoms with van der Waals surface area (Å²) < 4.78 is 6.28. The lowest BCUT2D eigenvalue weighted by molar-refractivity contribution is 0.439. The van der Waals surface area contributed by atoms with Crippen molar-refractivity contribution in [2.75, 3.05) is 0 Å². The van der Waals surface area contributed by atoms with Crippen molar-refractivity contribution in [1.82, 2.24) is 0 Å². The van der Waals surface area contributed by atoms with E-state index >= 15 is 0 Å². The highest BCUT2D eigenvalue weighted by Gasteiger charge is 2.12. The van der Waals surface area contributed by atoms with E-state index in [4.69, 9.17) is 16.3 Å². The summed E-state index contributed by atoms with van der Waals surface area (Å²) in [5.74, 6) is 1.41. The molecule has 1 aliphatic heterocycles. The lowest BCUT2D eigenvalue weighted by Crippen LogP contribution is -1.98. The molecule has 3 heteroatoms. The van der Waals surface area contributed by atoms with E-state index in [1.165, 1.54) is 0 Å². The summed E-state index contributed by atoms with van der Waals surface area (Å²) >= 11 is 9.25. The summed E-state index contributed by atoms with van der Waals surface area (Å²) in [6, 6.07) is 3.65. The Hall–Kier alpha value is -0.730. The van der Waals surface area contributed by atoms with Gasteiger partial charge >= 0.3 is 0 Å². The fraction of sp³-hybridized carbons (Fsp3) is 0. The van der Waals surface area contributed by atoms with E-state index in [2.05, 4.69) is 22.5 Å². The largest absolute Gasteiger partial charge is 0.456 e. The molecule has 2 rings (SSSR count). The maximum atomic E-state index is 5.88. The van der Waals surface area contributed by atoms with Crippen molar-refractivity contribution >= 4 is 33.6 Å². The van der Waals surface area contributed by atoms with Gasteiger partial charge in [0.05, 0.1) is 4.47 Å². The van der Waals surface area contributed by atoms with E-state index in [-0.39, 0.29) is 0 Å². The van der Waals surface area contributed by atoms with Crippen molar-refractivity contribution in [2.45, 2.75) is 0 Å². The van der Waals surface area contributed by atoms with E-state index < -0.39 is 0 Å². The van der Waals surface area contributed by atoms with Gasteiger partial charge in [0.2, 0.25) is 0 Å². The summed E-state index contributed by atoms with van der Waals surface area (Å²) in [6.45, 7) is 3.71. The topological polar surface area (TPSA) is 9.23 Å². The van der Waals surface area contributed by atoms with Gasteiger partial charge in [-0.15, -0.1) is 0 Å². The first-order valence-corrected chi connectivity index (χ1v) is 4.88. The molecular weight excluding hydrogens is 251 g/mol. The molecule has 0 unspecified atom stereocenters. The molecule has 0 bridgehead atoms. The number of halogens is 2. The minimum absolute atomic E-state index is 0.635. The van der Waals surface area contributed by atoms with Gasteiger partial charge in [0.25, 0.3) is 0 Å². The maximum Gasteiger partial charge on any atom is 0.148 e. The second kappa shape index (κ2) is 3.20. The van der Waals surface area contributed by atoms with Crippen LogP contribution in [0.3, 0.4) is 0 Å². The van der Waals surface area contributed by atoms with Crippen molar-refractivity contribution in [1.29, 1.82) is 0 Å². The Morgan fingerprint density at radius 3 is 2.85 bits per heavy atom. The molecule has 1 heterocycles. The molecule has 13 heavy (non-hydrogen) atoms. The summed E-state index contributed by atoms with van der Waals surface area (Å²) in [6.07, 6.45) is 3.74. The van der Waals surface area contributed by atoms with Gasteiger partial charge in [-0.25, -0.2) is 0 Å². The molecule has 0 amide bonds. The molecule has 0 atom stereocenters. The number of allylic oxidation sites excluding steroid dienone is 1. The van der Waals surface area contributed by atoms with Gasteiger partial charge < -0.3 is 4.74 Å². The van der Waals surface area contributed by atoms with Crippen LogP contribution in [0.1, 0.15) is 5.56 Å². The van der Waals surface area contributed by atoms with Crippen LogP contribution in [0.5, 0.6) is 5.75 Å². The number of hydrogen-bond acceptors (Lipinski definition) is 1. The number of fused-ring (bicyclic) bond motifs is 1. The Morgan fingerprint density at radius 2 is 2.08 bits per heavy atom. The third kappa shape index (κ3) is 1.64. The summed E-state index contributed by atoms with van der Waals surface area (Å²) in [4.78, 5) is 0. The van der Waals surface area contributed by atoms with E-state index in [0.717, 1.165) is 15.8 Å². The van der Waals surface area contributed by atoms with Crippen LogP contribution in [-0.4, -0.2) is 0 Å². The van der Waals surface area contributed by atoms with Gasteiger partial charge in [0.1, 0.15) is 11.5 Å². The maximum absolute atomic E-state index is 5.88. The first-order valence-electron chi connectivity index (χ1n) is 3.71. The monoisotopic (exact) mass is 256 g/mol. The quantitative estimate of drug-likeness (QED) is 0.682. The summed E-state index contributed by atoms with van der Waals surface area (Å²) in [5, 5.41) is 0.686. The molecule has 1 nitrogen and oxygen atoms in total. The van der Waals surface area contributed by atoms with Gasteiger partial charge in [-0.3, -0.25) is 0 Å². The molecule has 1 aliphatic rings. The average molecular weight is 258 g/mol. The van der Waals surface area contributed by atoms with Crippen LogP contribution in [0.2, 0.25) is 5.02 Å². The van der Waals surface area contributed by atoms with Crippen molar-refractivity contribution in [3.63, 3.8) is 0 Å². The molecule has 0 aliphatic carbocycles. The highest BCUT2D eigenvalue weighted by Crippen LogP contribution is 2.36. The van der Waals surface area contributed by atoms with Crippen LogP contribution in [0.4, 0.5) is 0 Å². The van der Waals surface area contributed by atoms with Crippen LogP contribution in [0, 0.1) is 0 Å². The summed E-state index contributed by atoms with van der Waals surface area (Å²) in [5.41, 5.74) is 0.965. The van der Waals surface area contributed by atoms with Gasteiger partial charge in [-0.1, -0.05) is 18.2 Å². The van der Waals surface area contributed by atoms with Crippen LogP contribution in [0.25, 0.3) is 6.08 Å². The fourth-order valence-electron chi connectivity index (χ4n) is 1.16. The Morgan fingerprint density at radius 1 is 1.31 bits per heavy atom. The zero-order valence-electron chi connectivity index (χ0n) is 6.68. The lowest BCUT2D eigenvalue weighted by atomic mass is 10.1. The number of benzene rings is 1. The standard InChI is InChI=1S/C10H6BrClO/c1-6-2-3-7-4-8(12)5-9(11)10(7)13-6/h2-5H,1H2. The molecule has 0 radical (unpaired) electrons. The number of rotatable bonds is 0. The van der Waals surface area contributed by atoms with Crippen molar-refractivity contribution < 1.29 is 4.74 Å². The second-order valence-corrected chi connectivity index (χ2v) is 4.00. The highest BCUT2D eigenvalue weighted by molar-refractivity contribution is 9.10. The lowest BCUT2D eigenvalue weighted by Gasteiger charge is -2.15. The first kappa shape index (κ1) is 8.85. The predicted octanol–water partition coefficient (Wildman–Crippen LogP) is 4.02. The minimum atomic E-state index is 0.635. The molecule has 0 fully saturated rings. The Balaban J connectivity index is 2.62. The molecule has 1 aromatic carbocycles. The Labute approximate surface area is 89.8 Å². The third-order valence-corrected chi connectivity index (χ3v) is 2.53. The van der Waals surface area contributed by atoms with Crippen molar-refractivity contribution in [3.05, 3.63) is 45.6 Å². The van der Waals surface area contributed by atoms with E-state index in [1.807, 2.05) is 18.2 Å². The van der Waals surface area contributed by atoms with E-state index in [9.17, 15) is 0 Å². The molecule has 0 saturated heterocycles. The molecule has 0 N–H and O–H groups in total. The molecule has 66 valence electrons. The van der Waals surface area contributed by atoms with Gasteiger partial charge in [-0.05, 0) is 40.2 Å². The van der Waals surface area contributed by atoms with Crippen LogP contribution in [-0.2, 0) is 0 Å². The third-order valence-electron chi connectivity index (χ3n) is 1.72. The van der Waals surface area contributed by atoms with Crippen molar-refractivity contribution in [3.8, 4) is 5.75 Å². The zero-order valence-corrected chi connectivity index (χ0v) is 9.02. The smallest absolute Gasteiger partial charge is 0.148 e. The van der Waals surface area contributed by atoms with Crippen LogP contribution in [0.15, 0.2) is 35.0 Å². The number of ether oxygens (including phenoxy) is 1. The molecule has 0 saturated carbocycles. The van der Waals surface area contributed by atoms with E-state index in [0.29, 0.717) is 10.8 Å². The van der Waals surface area contributed by atoms with Gasteiger partial charge in [0.15, 0.2) is 0 Å². The first-order chi connectivity index (χ1) is 6.16. The Kier molecular flexibility index (Phi) is 2.18. The fourth-order valence-corrected chi connectivity index (χ4v) is 2.07. The molecule has 0 aromatic heterocycles. The Bertz CT molecular complexity index is 410. The highest BCUT2D eigenvalue weighted by atomic mass is 79.9. The zero-order chi connectivity index (χ0) is 9.42. The SMILES string of the molecule is C=C1C=Cc2cc(Cl)cc(Br)c2O1. The normalized spacial score (nSPS) is 13.8. The molecule has 0 spiro atoms. The molecule has 1 aromatic rings. The average Bonchev–Trinajstić information content (AvgIpc) is 2.06. The predicted molar refractivity (Wildman–Crippen MR) is 58.0 cm³/mol. The van der Waals surface area contributed by atoms with Crippen LogP contribution < -0.4 is 4.74 Å². The second-order valence-electron chi connectivity index (χ2n) is 2.71. The van der Waals surface area contributed by atoms with Crippen molar-refractivity contribution in [2.24, 2.45) is 0 Å².